The molecule has 2 aromatic rings. The third-order valence-corrected chi connectivity index (χ3v) is 4.50. The molecule has 8 nitrogen and oxygen atoms in total. The minimum absolute atomic E-state index is 0.0161. The van der Waals surface area contributed by atoms with Gasteiger partial charge in [-0.05, 0) is 25.2 Å². The fourth-order valence-electron chi connectivity index (χ4n) is 2.82. The van der Waals surface area contributed by atoms with E-state index in [0.717, 1.165) is 13.2 Å². The molecule has 0 amide bonds. The van der Waals surface area contributed by atoms with E-state index < -0.39 is 36.3 Å². The van der Waals surface area contributed by atoms with Crippen LogP contribution < -0.4 is 0 Å². The summed E-state index contributed by atoms with van der Waals surface area (Å²) in [6, 6.07) is 20.8. The number of carbonyl (C=O) groups is 1. The summed E-state index contributed by atoms with van der Waals surface area (Å²) in [5, 5.41) is 35.0. The summed E-state index contributed by atoms with van der Waals surface area (Å²) in [7, 11) is 4.12. The number of carbonyl (C=O) groups excluding carboxylic acids is 1. The van der Waals surface area contributed by atoms with E-state index in [1.807, 2.05) is 12.1 Å². The Balaban J connectivity index is 0.000000245. The lowest BCUT2D eigenvalue weighted by molar-refractivity contribution is -0.147. The molecule has 0 saturated carbocycles. The lowest BCUT2D eigenvalue weighted by Crippen LogP contribution is -2.31. The van der Waals surface area contributed by atoms with Crippen LogP contribution in [0.25, 0.3) is 0 Å². The van der Waals surface area contributed by atoms with Crippen molar-refractivity contribution in [2.24, 2.45) is 0 Å². The fraction of sp³-hybridized carbons (Fsp3) is 0.348. The molecule has 2 aromatic carbocycles. The number of esters is 1. The van der Waals surface area contributed by atoms with Crippen LogP contribution in [0.1, 0.15) is 17.2 Å². The summed E-state index contributed by atoms with van der Waals surface area (Å²) in [6.07, 6.45) is -2.76. The van der Waals surface area contributed by atoms with Crippen LogP contribution in [0.4, 0.5) is 0 Å². The molecule has 8 heteroatoms. The molecule has 0 fully saturated rings. The summed E-state index contributed by atoms with van der Waals surface area (Å²) in [5.41, 5.74) is 2.40. The average Bonchev–Trinajstić information content (AvgIpc) is 3.05. The first-order chi connectivity index (χ1) is 14.8. The molecule has 1 heterocycles. The van der Waals surface area contributed by atoms with E-state index in [9.17, 15) is 4.79 Å². The number of aliphatic hydroxyl groups is 4. The maximum atomic E-state index is 10.5. The molecule has 0 spiro atoms. The quantitative estimate of drug-likeness (QED) is 0.468. The first kappa shape index (κ1) is 24.4. The van der Waals surface area contributed by atoms with Gasteiger partial charge in [0.1, 0.15) is 12.2 Å². The summed E-state index contributed by atoms with van der Waals surface area (Å²) in [6.45, 7) is 0.979. The van der Waals surface area contributed by atoms with Gasteiger partial charge < -0.3 is 34.8 Å². The summed E-state index contributed by atoms with van der Waals surface area (Å²) >= 11 is 0. The average molecular weight is 431 g/mol. The molecule has 0 bridgehead atoms. The molecular weight excluding hydrogens is 402 g/mol. The highest BCUT2D eigenvalue weighted by atomic mass is 16.6. The Hall–Kier alpha value is -2.91. The number of benzene rings is 2. The maximum absolute atomic E-state index is 10.5. The monoisotopic (exact) mass is 431 g/mol. The summed E-state index contributed by atoms with van der Waals surface area (Å²) in [5.74, 6) is -2.78. The highest BCUT2D eigenvalue weighted by molar-refractivity contribution is 5.89. The lowest BCUT2D eigenvalue weighted by atomic mass is 10.0. The summed E-state index contributed by atoms with van der Waals surface area (Å²) < 4.78 is 10.4. The Kier molecular flexibility index (Phi) is 9.48. The van der Waals surface area contributed by atoms with Crippen LogP contribution in [0.2, 0.25) is 0 Å². The lowest BCUT2D eigenvalue weighted by Gasteiger charge is -2.20. The third-order valence-electron chi connectivity index (χ3n) is 4.50. The number of ether oxygens (including phenoxy) is 2. The van der Waals surface area contributed by atoms with Crippen molar-refractivity contribution in [3.05, 3.63) is 83.3 Å². The number of nitrogens with zero attached hydrogens (tertiary/aromatic N) is 1. The number of hydrogen-bond acceptors (Lipinski definition) is 8. The first-order valence-electron chi connectivity index (χ1n) is 9.83. The number of hydrogen-bond donors (Lipinski definition) is 4. The topological polar surface area (TPSA) is 120 Å². The van der Waals surface area contributed by atoms with Crippen molar-refractivity contribution in [1.82, 2.24) is 4.90 Å². The van der Waals surface area contributed by atoms with E-state index in [-0.39, 0.29) is 6.10 Å². The zero-order valence-corrected chi connectivity index (χ0v) is 17.6. The van der Waals surface area contributed by atoms with E-state index in [2.05, 4.69) is 72.3 Å². The Morgan fingerprint density at radius 2 is 1.52 bits per heavy atom. The number of likely N-dealkylation sites (N-methyl/N-ethyl adjacent to an activating group) is 1. The van der Waals surface area contributed by atoms with Crippen LogP contribution in [-0.4, -0.2) is 77.4 Å². The Morgan fingerprint density at radius 1 is 1.00 bits per heavy atom. The molecule has 0 saturated heterocycles. The highest BCUT2D eigenvalue weighted by Gasteiger charge is 2.38. The molecule has 168 valence electrons. The van der Waals surface area contributed by atoms with Gasteiger partial charge in [0.15, 0.2) is 11.9 Å². The second kappa shape index (κ2) is 12.1. The van der Waals surface area contributed by atoms with Gasteiger partial charge in [0.25, 0.3) is 0 Å². The molecule has 4 N–H and O–H groups in total. The molecule has 31 heavy (non-hydrogen) atoms. The normalized spacial score (nSPS) is 16.8. The number of rotatable bonds is 8. The van der Waals surface area contributed by atoms with Crippen LogP contribution in [0.5, 0.6) is 0 Å². The van der Waals surface area contributed by atoms with E-state index in [1.54, 1.807) is 0 Å². The highest BCUT2D eigenvalue weighted by Crippen LogP contribution is 2.25. The molecule has 1 aliphatic heterocycles. The van der Waals surface area contributed by atoms with E-state index in [4.69, 9.17) is 25.2 Å². The molecular formula is C23H29NO7. The van der Waals surface area contributed by atoms with Gasteiger partial charge in [0.05, 0.1) is 13.2 Å². The molecule has 1 aliphatic rings. The van der Waals surface area contributed by atoms with Gasteiger partial charge >= 0.3 is 5.97 Å². The van der Waals surface area contributed by atoms with E-state index in [1.165, 1.54) is 11.1 Å². The predicted octanol–water partition coefficient (Wildman–Crippen LogP) is 1.95. The Morgan fingerprint density at radius 3 is 1.90 bits per heavy atom. The SMILES string of the molecule is CN(C)CCOC(c1ccccc1)c1ccccc1.O=C1O[C@H]([C@@H](O)CO)C(O)=C1O. The van der Waals surface area contributed by atoms with Crippen molar-refractivity contribution in [3.8, 4) is 0 Å². The van der Waals surface area contributed by atoms with Gasteiger partial charge in [0.2, 0.25) is 5.76 Å². The van der Waals surface area contributed by atoms with Gasteiger partial charge in [-0.2, -0.15) is 0 Å². The molecule has 2 atom stereocenters. The van der Waals surface area contributed by atoms with Gasteiger partial charge in [-0.15, -0.1) is 0 Å². The zero-order chi connectivity index (χ0) is 22.8. The van der Waals surface area contributed by atoms with Gasteiger partial charge in [-0.25, -0.2) is 4.79 Å². The first-order valence-corrected chi connectivity index (χ1v) is 9.83. The van der Waals surface area contributed by atoms with Crippen LogP contribution in [0.15, 0.2) is 72.2 Å². The van der Waals surface area contributed by atoms with Gasteiger partial charge in [-0.1, -0.05) is 60.7 Å². The van der Waals surface area contributed by atoms with Crippen LogP contribution in [0, 0.1) is 0 Å². The second-order valence-corrected chi connectivity index (χ2v) is 7.19. The van der Waals surface area contributed by atoms with Crippen LogP contribution in [-0.2, 0) is 14.3 Å². The minimum atomic E-state index is -1.42. The Bertz CT molecular complexity index is 800. The number of cyclic esters (lactones) is 1. The third kappa shape index (κ3) is 7.08. The standard InChI is InChI=1S/C17H21NO.C6H8O6/c1-18(2)13-14-19-17(15-9-5-3-6-10-15)16-11-7-4-8-12-16;7-1-2(8)5-3(9)4(10)6(11)12-5/h3-12,17H,13-14H2,1-2H3;2,5,7-10H,1H2/t;2-,5+/m.0/s1. The van der Waals surface area contributed by atoms with Crippen molar-refractivity contribution in [1.29, 1.82) is 0 Å². The zero-order valence-electron chi connectivity index (χ0n) is 17.6. The summed E-state index contributed by atoms with van der Waals surface area (Å²) in [4.78, 5) is 12.7. The van der Waals surface area contributed by atoms with Gasteiger partial charge in [-0.3, -0.25) is 0 Å². The van der Waals surface area contributed by atoms with Crippen molar-refractivity contribution in [2.75, 3.05) is 33.9 Å². The predicted molar refractivity (Wildman–Crippen MR) is 114 cm³/mol. The minimum Gasteiger partial charge on any atom is -0.505 e. The number of aliphatic hydroxyl groups excluding tert-OH is 4. The van der Waals surface area contributed by atoms with Crippen LogP contribution in [0.3, 0.4) is 0 Å². The molecule has 3 rings (SSSR count). The molecule has 0 aliphatic carbocycles. The van der Waals surface area contributed by atoms with Crippen molar-refractivity contribution < 1.29 is 34.7 Å². The maximum Gasteiger partial charge on any atom is 0.377 e. The molecule has 0 radical (unpaired) electrons. The Labute approximate surface area is 181 Å². The van der Waals surface area contributed by atoms with Crippen molar-refractivity contribution in [2.45, 2.75) is 18.3 Å². The van der Waals surface area contributed by atoms with Crippen molar-refractivity contribution in [3.63, 3.8) is 0 Å². The largest absolute Gasteiger partial charge is 0.505 e. The van der Waals surface area contributed by atoms with E-state index >= 15 is 0 Å². The molecule has 0 unspecified atom stereocenters. The van der Waals surface area contributed by atoms with Crippen molar-refractivity contribution >= 4 is 5.97 Å². The van der Waals surface area contributed by atoms with Crippen LogP contribution >= 0.6 is 0 Å². The van der Waals surface area contributed by atoms with Gasteiger partial charge in [0, 0.05) is 6.54 Å². The smallest absolute Gasteiger partial charge is 0.377 e. The second-order valence-electron chi connectivity index (χ2n) is 7.19. The fourth-order valence-corrected chi connectivity index (χ4v) is 2.82. The molecule has 0 aromatic heterocycles. The van der Waals surface area contributed by atoms with E-state index in [0.29, 0.717) is 0 Å².